The molecule has 0 fully saturated rings. The summed E-state index contributed by atoms with van der Waals surface area (Å²) in [5.74, 6) is 2.83. The molecule has 16 heavy (non-hydrogen) atoms. The van der Waals surface area contributed by atoms with E-state index in [9.17, 15) is 18.0 Å². The third-order valence-corrected chi connectivity index (χ3v) is 2.07. The molecule has 4 N–H and O–H groups in total. The van der Waals surface area contributed by atoms with Crippen LogP contribution in [-0.2, 0) is 6.18 Å². The van der Waals surface area contributed by atoms with E-state index in [0.717, 1.165) is 0 Å². The van der Waals surface area contributed by atoms with Gasteiger partial charge in [-0.05, 0) is 12.1 Å². The van der Waals surface area contributed by atoms with Crippen LogP contribution in [0, 0.1) is 0 Å². The Kier molecular flexibility index (Phi) is 3.30. The molecular formula is C8H6ClF3N2O2. The van der Waals surface area contributed by atoms with Gasteiger partial charge in [-0.2, -0.15) is 13.2 Å². The minimum atomic E-state index is -4.79. The number of hydrazine groups is 1. The van der Waals surface area contributed by atoms with Crippen molar-refractivity contribution in [3.63, 3.8) is 0 Å². The van der Waals surface area contributed by atoms with Crippen LogP contribution in [-0.4, -0.2) is 11.0 Å². The van der Waals surface area contributed by atoms with Crippen LogP contribution in [0.3, 0.4) is 0 Å². The summed E-state index contributed by atoms with van der Waals surface area (Å²) < 4.78 is 37.4. The normalized spacial score (nSPS) is 11.3. The first-order chi connectivity index (χ1) is 7.27. The van der Waals surface area contributed by atoms with Crippen LogP contribution in [0.2, 0.25) is 5.02 Å². The van der Waals surface area contributed by atoms with Gasteiger partial charge in [0.15, 0.2) is 0 Å². The van der Waals surface area contributed by atoms with E-state index in [0.29, 0.717) is 12.1 Å². The first kappa shape index (κ1) is 12.6. The highest BCUT2D eigenvalue weighted by Gasteiger charge is 2.36. The van der Waals surface area contributed by atoms with E-state index in [4.69, 9.17) is 22.6 Å². The maximum Gasteiger partial charge on any atom is 0.417 e. The van der Waals surface area contributed by atoms with Crippen molar-refractivity contribution in [2.24, 2.45) is 5.84 Å². The molecule has 0 saturated heterocycles. The molecular weight excluding hydrogens is 249 g/mol. The number of amides is 1. The summed E-state index contributed by atoms with van der Waals surface area (Å²) >= 11 is 5.40. The van der Waals surface area contributed by atoms with Crippen molar-refractivity contribution in [1.82, 2.24) is 5.43 Å². The van der Waals surface area contributed by atoms with Crippen molar-refractivity contribution in [2.45, 2.75) is 6.18 Å². The number of rotatable bonds is 1. The number of phenols is 1. The molecule has 1 amide bonds. The molecule has 0 aliphatic carbocycles. The molecule has 4 nitrogen and oxygen atoms in total. The van der Waals surface area contributed by atoms with E-state index in [-0.39, 0.29) is 5.02 Å². The number of alkyl halides is 3. The van der Waals surface area contributed by atoms with Crippen molar-refractivity contribution in [3.05, 3.63) is 28.3 Å². The lowest BCUT2D eigenvalue weighted by Crippen LogP contribution is -2.31. The average Bonchev–Trinajstić information content (AvgIpc) is 2.18. The maximum atomic E-state index is 12.5. The van der Waals surface area contributed by atoms with Crippen LogP contribution in [0.15, 0.2) is 12.1 Å². The van der Waals surface area contributed by atoms with Crippen LogP contribution in [0.25, 0.3) is 0 Å². The van der Waals surface area contributed by atoms with E-state index in [2.05, 4.69) is 0 Å². The fourth-order valence-corrected chi connectivity index (χ4v) is 1.23. The topological polar surface area (TPSA) is 75.3 Å². The number of hydrogen-bond acceptors (Lipinski definition) is 3. The van der Waals surface area contributed by atoms with Gasteiger partial charge in [0.25, 0.3) is 5.91 Å². The summed E-state index contributed by atoms with van der Waals surface area (Å²) in [5, 5.41) is 8.68. The highest BCUT2D eigenvalue weighted by atomic mass is 35.5. The minimum Gasteiger partial charge on any atom is -0.506 e. The van der Waals surface area contributed by atoms with Gasteiger partial charge >= 0.3 is 6.18 Å². The Hall–Kier alpha value is -1.47. The van der Waals surface area contributed by atoms with Crippen molar-refractivity contribution in [2.75, 3.05) is 0 Å². The standard InChI is InChI=1S/C8H6ClF3N2O2/c9-5-1-3(7(16)14-13)4(2-6(5)15)8(10,11)12/h1-2,15H,13H2,(H,14,16). The number of halogens is 4. The molecule has 88 valence electrons. The lowest BCUT2D eigenvalue weighted by Gasteiger charge is -2.12. The van der Waals surface area contributed by atoms with Crippen molar-refractivity contribution in [3.8, 4) is 5.75 Å². The number of nitrogen functional groups attached to an aromatic ring is 1. The fourth-order valence-electron chi connectivity index (χ4n) is 1.06. The third kappa shape index (κ3) is 2.37. The zero-order chi connectivity index (χ0) is 12.5. The summed E-state index contributed by atoms with van der Waals surface area (Å²) in [6.45, 7) is 0. The van der Waals surface area contributed by atoms with E-state index in [1.54, 1.807) is 5.43 Å². The number of nitrogens with one attached hydrogen (secondary N) is 1. The molecule has 0 heterocycles. The second kappa shape index (κ2) is 4.18. The zero-order valence-corrected chi connectivity index (χ0v) is 8.36. The number of benzene rings is 1. The molecule has 0 spiro atoms. The monoisotopic (exact) mass is 254 g/mol. The average molecular weight is 255 g/mol. The molecule has 0 aromatic heterocycles. The molecule has 1 aromatic rings. The van der Waals surface area contributed by atoms with Crippen molar-refractivity contribution < 1.29 is 23.1 Å². The number of hydrogen-bond donors (Lipinski definition) is 3. The Morgan fingerprint density at radius 2 is 2.00 bits per heavy atom. The third-order valence-electron chi connectivity index (χ3n) is 1.77. The van der Waals surface area contributed by atoms with Crippen LogP contribution < -0.4 is 11.3 Å². The Labute approximate surface area is 92.8 Å². The zero-order valence-electron chi connectivity index (χ0n) is 7.60. The minimum absolute atomic E-state index is 0.368. The van der Waals surface area contributed by atoms with E-state index < -0.39 is 29.0 Å². The molecule has 0 aliphatic rings. The molecule has 0 atom stereocenters. The number of aromatic hydroxyl groups is 1. The lowest BCUT2D eigenvalue weighted by molar-refractivity contribution is -0.138. The van der Waals surface area contributed by atoms with Gasteiger partial charge in [0.2, 0.25) is 0 Å². The summed E-state index contributed by atoms with van der Waals surface area (Å²) in [5.41, 5.74) is -0.499. The van der Waals surface area contributed by atoms with Gasteiger partial charge in [-0.1, -0.05) is 11.6 Å². The SMILES string of the molecule is NNC(=O)c1cc(Cl)c(O)cc1C(F)(F)F. The van der Waals surface area contributed by atoms with Gasteiger partial charge in [0.1, 0.15) is 5.75 Å². The summed E-state index contributed by atoms with van der Waals surface area (Å²) in [7, 11) is 0. The first-order valence-electron chi connectivity index (χ1n) is 3.88. The smallest absolute Gasteiger partial charge is 0.417 e. The van der Waals surface area contributed by atoms with Gasteiger partial charge in [0.05, 0.1) is 16.1 Å². The Balaban J connectivity index is 3.45. The van der Waals surface area contributed by atoms with Crippen LogP contribution in [0.4, 0.5) is 13.2 Å². The first-order valence-corrected chi connectivity index (χ1v) is 4.26. The quantitative estimate of drug-likeness (QED) is 0.405. The van der Waals surface area contributed by atoms with Gasteiger partial charge in [-0.25, -0.2) is 5.84 Å². The largest absolute Gasteiger partial charge is 0.506 e. The Morgan fingerprint density at radius 1 is 1.44 bits per heavy atom. The highest BCUT2D eigenvalue weighted by Crippen LogP contribution is 2.37. The Bertz CT molecular complexity index is 434. The van der Waals surface area contributed by atoms with Gasteiger partial charge in [-0.15, -0.1) is 0 Å². The number of phenolic OH excluding ortho intramolecular Hbond substituents is 1. The second-order valence-electron chi connectivity index (χ2n) is 2.82. The molecule has 0 radical (unpaired) electrons. The lowest BCUT2D eigenvalue weighted by atomic mass is 10.1. The molecule has 0 aliphatic heterocycles. The number of nitrogens with two attached hydrogens (primary N) is 1. The predicted octanol–water partition coefficient (Wildman–Crippen LogP) is 1.67. The summed E-state index contributed by atoms with van der Waals surface area (Å²) in [6, 6.07) is 1.06. The molecule has 0 unspecified atom stereocenters. The van der Waals surface area contributed by atoms with E-state index in [1.165, 1.54) is 0 Å². The number of carbonyl (C=O) groups excluding carboxylic acids is 1. The predicted molar refractivity (Wildman–Crippen MR) is 49.8 cm³/mol. The highest BCUT2D eigenvalue weighted by molar-refractivity contribution is 6.32. The van der Waals surface area contributed by atoms with Crippen molar-refractivity contribution >= 4 is 17.5 Å². The number of carbonyl (C=O) groups is 1. The molecule has 0 saturated carbocycles. The van der Waals surface area contributed by atoms with Crippen LogP contribution >= 0.6 is 11.6 Å². The molecule has 8 heteroatoms. The van der Waals surface area contributed by atoms with Crippen LogP contribution in [0.1, 0.15) is 15.9 Å². The second-order valence-corrected chi connectivity index (χ2v) is 3.23. The van der Waals surface area contributed by atoms with Crippen molar-refractivity contribution in [1.29, 1.82) is 0 Å². The molecule has 1 aromatic carbocycles. The summed E-state index contributed by atoms with van der Waals surface area (Å²) in [6.07, 6.45) is -4.79. The van der Waals surface area contributed by atoms with Gasteiger partial charge in [0, 0.05) is 0 Å². The Morgan fingerprint density at radius 3 is 2.44 bits per heavy atom. The van der Waals surface area contributed by atoms with Gasteiger partial charge < -0.3 is 5.11 Å². The summed E-state index contributed by atoms with van der Waals surface area (Å²) in [4.78, 5) is 11.1. The van der Waals surface area contributed by atoms with Crippen LogP contribution in [0.5, 0.6) is 5.75 Å². The van der Waals surface area contributed by atoms with E-state index >= 15 is 0 Å². The fraction of sp³-hybridized carbons (Fsp3) is 0.125. The van der Waals surface area contributed by atoms with E-state index in [1.807, 2.05) is 0 Å². The molecule has 0 bridgehead atoms. The molecule has 1 rings (SSSR count). The van der Waals surface area contributed by atoms with Gasteiger partial charge in [-0.3, -0.25) is 10.2 Å². The maximum absolute atomic E-state index is 12.5.